The Balaban J connectivity index is 1.64. The van der Waals surface area contributed by atoms with E-state index in [1.54, 1.807) is 0 Å². The van der Waals surface area contributed by atoms with Crippen molar-refractivity contribution in [3.05, 3.63) is 23.5 Å². The number of carbonyl (C=O) groups excluding carboxylic acids is 1. The molecule has 0 aromatic carbocycles. The van der Waals surface area contributed by atoms with Crippen LogP contribution in [0.25, 0.3) is 0 Å². The molecule has 0 radical (unpaired) electrons. The minimum absolute atomic E-state index is 0.0548. The molecule has 122 valence electrons. The second-order valence-corrected chi connectivity index (χ2v) is 6.92. The highest BCUT2D eigenvalue weighted by Crippen LogP contribution is 2.35. The van der Waals surface area contributed by atoms with Crippen LogP contribution in [-0.2, 0) is 0 Å². The maximum Gasteiger partial charge on any atom is 0.253 e. The largest absolute Gasteiger partial charge is 0.365 e. The maximum atomic E-state index is 12.4. The molecule has 0 atom stereocenters. The number of aryl methyl sites for hydroxylation is 1. The van der Waals surface area contributed by atoms with Crippen molar-refractivity contribution in [3.63, 3.8) is 0 Å². The zero-order valence-electron chi connectivity index (χ0n) is 13.8. The van der Waals surface area contributed by atoms with Crippen molar-refractivity contribution in [1.82, 2.24) is 20.1 Å². The zero-order chi connectivity index (χ0) is 15.6. The highest BCUT2D eigenvalue weighted by atomic mass is 16.1. The molecule has 1 aliphatic heterocycles. The molecule has 0 unspecified atom stereocenters. The Bertz CT molecular complexity index is 510. The predicted molar refractivity (Wildman–Crippen MR) is 88.1 cm³/mol. The monoisotopic (exact) mass is 304 g/mol. The number of H-pyrrole nitrogens is 1. The molecule has 22 heavy (non-hydrogen) atoms. The zero-order valence-corrected chi connectivity index (χ0v) is 13.8. The normalized spacial score (nSPS) is 22.8. The molecule has 5 heteroatoms. The van der Waals surface area contributed by atoms with Crippen molar-refractivity contribution in [1.29, 1.82) is 0 Å². The molecule has 5 nitrogen and oxygen atoms in total. The predicted octanol–water partition coefficient (Wildman–Crippen LogP) is 1.61. The van der Waals surface area contributed by atoms with Crippen LogP contribution in [0.15, 0.2) is 12.3 Å². The number of nitrogens with zero attached hydrogens (tertiary/aromatic N) is 2. The maximum absolute atomic E-state index is 12.4. The molecule has 1 aromatic rings. The lowest BCUT2D eigenvalue weighted by Gasteiger charge is -2.45. The summed E-state index contributed by atoms with van der Waals surface area (Å²) in [6, 6.07) is 1.86. The number of aromatic amines is 1. The van der Waals surface area contributed by atoms with E-state index in [1.165, 1.54) is 25.7 Å². The first kappa shape index (κ1) is 15.6. The van der Waals surface area contributed by atoms with Gasteiger partial charge in [0, 0.05) is 50.2 Å². The van der Waals surface area contributed by atoms with E-state index in [2.05, 4.69) is 27.1 Å². The van der Waals surface area contributed by atoms with Crippen molar-refractivity contribution in [2.45, 2.75) is 38.1 Å². The molecular weight excluding hydrogens is 276 g/mol. The number of aromatic nitrogens is 1. The van der Waals surface area contributed by atoms with Crippen LogP contribution in [0.1, 0.15) is 41.7 Å². The minimum atomic E-state index is 0.0548. The van der Waals surface area contributed by atoms with Gasteiger partial charge in [-0.3, -0.25) is 9.69 Å². The number of rotatable bonds is 4. The number of amides is 1. The first-order valence-electron chi connectivity index (χ1n) is 8.46. The van der Waals surface area contributed by atoms with E-state index in [1.807, 2.05) is 19.2 Å². The van der Waals surface area contributed by atoms with Gasteiger partial charge in [0.25, 0.3) is 5.91 Å². The second-order valence-electron chi connectivity index (χ2n) is 6.92. The Morgan fingerprint density at radius 1 is 1.27 bits per heavy atom. The number of piperazine rings is 1. The van der Waals surface area contributed by atoms with Gasteiger partial charge in [-0.15, -0.1) is 0 Å². The van der Waals surface area contributed by atoms with E-state index in [0.717, 1.165) is 44.0 Å². The van der Waals surface area contributed by atoms with Gasteiger partial charge in [-0.05, 0) is 32.9 Å². The van der Waals surface area contributed by atoms with Crippen molar-refractivity contribution < 1.29 is 4.79 Å². The van der Waals surface area contributed by atoms with E-state index in [4.69, 9.17) is 0 Å². The molecule has 2 N–H and O–H groups in total. The first-order valence-corrected chi connectivity index (χ1v) is 8.46. The van der Waals surface area contributed by atoms with E-state index in [9.17, 15) is 4.79 Å². The number of nitrogens with one attached hydrogen (secondary N) is 2. The van der Waals surface area contributed by atoms with Crippen LogP contribution in [-0.4, -0.2) is 66.0 Å². The molecule has 1 aliphatic carbocycles. The highest BCUT2D eigenvalue weighted by molar-refractivity contribution is 5.95. The Morgan fingerprint density at radius 2 is 1.95 bits per heavy atom. The smallest absolute Gasteiger partial charge is 0.253 e. The molecule has 2 aliphatic rings. The fourth-order valence-corrected chi connectivity index (χ4v) is 3.96. The molecule has 1 saturated carbocycles. The van der Waals surface area contributed by atoms with Crippen molar-refractivity contribution in [2.24, 2.45) is 0 Å². The topological polar surface area (TPSA) is 51.4 Å². The van der Waals surface area contributed by atoms with Gasteiger partial charge in [-0.2, -0.15) is 0 Å². The minimum Gasteiger partial charge on any atom is -0.365 e. The lowest BCUT2D eigenvalue weighted by molar-refractivity contribution is 0.0414. The van der Waals surface area contributed by atoms with Crippen molar-refractivity contribution >= 4 is 5.91 Å². The summed E-state index contributed by atoms with van der Waals surface area (Å²) in [5.41, 5.74) is 1.89. The molecule has 3 rings (SSSR count). The Hall–Kier alpha value is -1.33. The number of likely N-dealkylation sites (N-methyl/N-ethyl adjacent to an activating group) is 1. The van der Waals surface area contributed by atoms with Crippen LogP contribution < -0.4 is 5.32 Å². The van der Waals surface area contributed by atoms with Gasteiger partial charge in [0.05, 0.1) is 5.56 Å². The third-order valence-electron chi connectivity index (χ3n) is 5.48. The van der Waals surface area contributed by atoms with Gasteiger partial charge in [0.15, 0.2) is 0 Å². The van der Waals surface area contributed by atoms with E-state index in [-0.39, 0.29) is 11.4 Å². The molecule has 0 spiro atoms. The molecule has 0 bridgehead atoms. The Morgan fingerprint density at radius 3 is 2.55 bits per heavy atom. The standard InChI is InChI=1S/C17H28N4O/c1-14-15(5-8-18-14)16(22)19-13-17(6-3-4-7-17)21-11-9-20(2)10-12-21/h5,8,18H,3-4,6-7,9-13H2,1-2H3,(H,19,22). The van der Waals surface area contributed by atoms with Crippen LogP contribution in [0.2, 0.25) is 0 Å². The summed E-state index contributed by atoms with van der Waals surface area (Å²) >= 11 is 0. The average Bonchev–Trinajstić information content (AvgIpc) is 3.15. The summed E-state index contributed by atoms with van der Waals surface area (Å²) in [5.74, 6) is 0.0548. The number of hydrogen-bond donors (Lipinski definition) is 2. The molecule has 2 fully saturated rings. The van der Waals surface area contributed by atoms with Gasteiger partial charge in [0.2, 0.25) is 0 Å². The summed E-state index contributed by atoms with van der Waals surface area (Å²) in [6.45, 7) is 7.23. The van der Waals surface area contributed by atoms with E-state index >= 15 is 0 Å². The molecule has 1 aromatic heterocycles. The van der Waals surface area contributed by atoms with Crippen LogP contribution >= 0.6 is 0 Å². The molecule has 1 amide bonds. The summed E-state index contributed by atoms with van der Waals surface area (Å²) in [7, 11) is 2.19. The van der Waals surface area contributed by atoms with Crippen molar-refractivity contribution in [2.75, 3.05) is 39.8 Å². The lowest BCUT2D eigenvalue weighted by Crippen LogP contribution is -2.59. The molecular formula is C17H28N4O. The first-order chi connectivity index (χ1) is 10.6. The fraction of sp³-hybridized carbons (Fsp3) is 0.706. The van der Waals surface area contributed by atoms with Gasteiger partial charge >= 0.3 is 0 Å². The Labute approximate surface area is 133 Å². The van der Waals surface area contributed by atoms with Gasteiger partial charge < -0.3 is 15.2 Å². The van der Waals surface area contributed by atoms with Gasteiger partial charge in [-0.1, -0.05) is 12.8 Å². The summed E-state index contributed by atoms with van der Waals surface area (Å²) in [6.07, 6.45) is 6.82. The fourth-order valence-electron chi connectivity index (χ4n) is 3.96. The third-order valence-corrected chi connectivity index (χ3v) is 5.48. The Kier molecular flexibility index (Phi) is 4.54. The van der Waals surface area contributed by atoms with Crippen molar-refractivity contribution in [3.8, 4) is 0 Å². The van der Waals surface area contributed by atoms with Crippen LogP contribution in [0.4, 0.5) is 0 Å². The number of carbonyl (C=O) groups is 1. The summed E-state index contributed by atoms with van der Waals surface area (Å²) < 4.78 is 0. The summed E-state index contributed by atoms with van der Waals surface area (Å²) in [4.78, 5) is 20.5. The van der Waals surface area contributed by atoms with Gasteiger partial charge in [-0.25, -0.2) is 0 Å². The van der Waals surface area contributed by atoms with Crippen LogP contribution in [0, 0.1) is 6.92 Å². The SMILES string of the molecule is Cc1[nH]ccc1C(=O)NCC1(N2CCN(C)CC2)CCCC1. The van der Waals surface area contributed by atoms with Gasteiger partial charge in [0.1, 0.15) is 0 Å². The van der Waals surface area contributed by atoms with Crippen LogP contribution in [0.5, 0.6) is 0 Å². The van der Waals surface area contributed by atoms with E-state index < -0.39 is 0 Å². The second kappa shape index (κ2) is 6.42. The summed E-state index contributed by atoms with van der Waals surface area (Å²) in [5, 5.41) is 3.20. The third kappa shape index (κ3) is 3.06. The average molecular weight is 304 g/mol. The molecule has 2 heterocycles. The molecule has 1 saturated heterocycles. The quantitative estimate of drug-likeness (QED) is 0.888. The highest BCUT2D eigenvalue weighted by Gasteiger charge is 2.40. The number of hydrogen-bond acceptors (Lipinski definition) is 3. The van der Waals surface area contributed by atoms with E-state index in [0.29, 0.717) is 0 Å². The lowest BCUT2D eigenvalue weighted by atomic mass is 9.93. The van der Waals surface area contributed by atoms with Crippen LogP contribution in [0.3, 0.4) is 0 Å².